The van der Waals surface area contributed by atoms with Crippen molar-refractivity contribution in [1.29, 1.82) is 5.26 Å². The summed E-state index contributed by atoms with van der Waals surface area (Å²) in [7, 11) is 0. The van der Waals surface area contributed by atoms with Gasteiger partial charge in [0.05, 0.1) is 17.7 Å². The van der Waals surface area contributed by atoms with Crippen LogP contribution in [-0.2, 0) is 6.42 Å². The first-order valence-corrected chi connectivity index (χ1v) is 12.1. The number of rotatable bonds is 7. The van der Waals surface area contributed by atoms with E-state index in [1.165, 1.54) is 0 Å². The molecule has 0 bridgehead atoms. The molecule has 1 N–H and O–H groups in total. The van der Waals surface area contributed by atoms with Gasteiger partial charge in [0, 0.05) is 25.4 Å². The molecule has 180 valence electrons. The molecular weight excluding hydrogens is 440 g/mol. The fourth-order valence-electron chi connectivity index (χ4n) is 4.79. The van der Waals surface area contributed by atoms with Crippen molar-refractivity contribution in [2.24, 2.45) is 0 Å². The first-order chi connectivity index (χ1) is 16.9. The molecule has 1 aromatic heterocycles. The van der Waals surface area contributed by atoms with Crippen LogP contribution in [0, 0.1) is 11.3 Å². The maximum Gasteiger partial charge on any atom is 0.289 e. The molecule has 4 rings (SSSR count). The molecule has 1 aliphatic rings. The molecule has 1 amide bonds. The smallest absolute Gasteiger partial charge is 0.289 e. The SMILES string of the molecule is CCCCc1nc(=O)c(C(=O)N2CC[C@@H](c3ccccc3)C2)c(O)n1[C@@H](C)c1cccc(C#N)c1. The molecule has 0 spiro atoms. The van der Waals surface area contributed by atoms with Gasteiger partial charge in [-0.25, -0.2) is 0 Å². The molecule has 0 radical (unpaired) electrons. The zero-order chi connectivity index (χ0) is 24.9. The maximum atomic E-state index is 13.5. The molecule has 2 heterocycles. The summed E-state index contributed by atoms with van der Waals surface area (Å²) in [6.45, 7) is 4.90. The van der Waals surface area contributed by atoms with Crippen molar-refractivity contribution in [1.82, 2.24) is 14.5 Å². The summed E-state index contributed by atoms with van der Waals surface area (Å²) in [6.07, 6.45) is 2.97. The Labute approximate surface area is 205 Å². The van der Waals surface area contributed by atoms with E-state index in [0.717, 1.165) is 30.4 Å². The predicted octanol–water partition coefficient (Wildman–Crippen LogP) is 4.40. The number of amides is 1. The molecule has 35 heavy (non-hydrogen) atoms. The van der Waals surface area contributed by atoms with Gasteiger partial charge in [-0.3, -0.25) is 14.2 Å². The molecule has 2 atom stereocenters. The van der Waals surface area contributed by atoms with Gasteiger partial charge in [0.1, 0.15) is 5.82 Å². The van der Waals surface area contributed by atoms with Crippen LogP contribution >= 0.6 is 0 Å². The number of aryl methyl sites for hydroxylation is 1. The van der Waals surface area contributed by atoms with E-state index in [0.29, 0.717) is 30.9 Å². The molecule has 7 heteroatoms. The van der Waals surface area contributed by atoms with Crippen LogP contribution in [0.25, 0.3) is 0 Å². The van der Waals surface area contributed by atoms with Crippen LogP contribution in [0.1, 0.15) is 77.9 Å². The average Bonchev–Trinajstić information content (AvgIpc) is 3.38. The zero-order valence-electron chi connectivity index (χ0n) is 20.1. The van der Waals surface area contributed by atoms with Gasteiger partial charge in [0.25, 0.3) is 11.5 Å². The number of aromatic nitrogens is 2. The van der Waals surface area contributed by atoms with Crippen LogP contribution < -0.4 is 5.56 Å². The molecule has 7 nitrogen and oxygen atoms in total. The summed E-state index contributed by atoms with van der Waals surface area (Å²) in [6, 6.07) is 18.8. The van der Waals surface area contributed by atoms with E-state index in [1.54, 1.807) is 27.7 Å². The van der Waals surface area contributed by atoms with Crippen molar-refractivity contribution in [3.8, 4) is 11.9 Å². The van der Waals surface area contributed by atoms with Crippen LogP contribution in [0.4, 0.5) is 0 Å². The molecule has 1 fully saturated rings. The third-order valence-corrected chi connectivity index (χ3v) is 6.77. The molecular formula is C28H30N4O3. The van der Waals surface area contributed by atoms with Crippen molar-refractivity contribution in [2.75, 3.05) is 13.1 Å². The van der Waals surface area contributed by atoms with Crippen LogP contribution in [0.5, 0.6) is 5.88 Å². The minimum Gasteiger partial charge on any atom is -0.494 e. The Balaban J connectivity index is 1.72. The second-order valence-corrected chi connectivity index (χ2v) is 9.07. The van der Waals surface area contributed by atoms with E-state index in [1.807, 2.05) is 50.2 Å². The summed E-state index contributed by atoms with van der Waals surface area (Å²) in [5.41, 5.74) is 1.45. The summed E-state index contributed by atoms with van der Waals surface area (Å²) in [4.78, 5) is 32.4. The molecule has 2 aromatic carbocycles. The maximum absolute atomic E-state index is 13.5. The van der Waals surface area contributed by atoms with Crippen LogP contribution in [0.3, 0.4) is 0 Å². The first kappa shape index (κ1) is 24.2. The Bertz CT molecular complexity index is 1310. The van der Waals surface area contributed by atoms with Gasteiger partial charge in [0.15, 0.2) is 5.56 Å². The predicted molar refractivity (Wildman–Crippen MR) is 133 cm³/mol. The van der Waals surface area contributed by atoms with Crippen LogP contribution in [0.2, 0.25) is 0 Å². The monoisotopic (exact) mass is 470 g/mol. The van der Waals surface area contributed by atoms with Gasteiger partial charge >= 0.3 is 0 Å². The molecule has 0 aliphatic carbocycles. The molecule has 1 saturated heterocycles. The zero-order valence-corrected chi connectivity index (χ0v) is 20.1. The second-order valence-electron chi connectivity index (χ2n) is 9.07. The fourth-order valence-corrected chi connectivity index (χ4v) is 4.79. The molecule has 0 unspecified atom stereocenters. The highest BCUT2D eigenvalue weighted by Gasteiger charge is 2.33. The van der Waals surface area contributed by atoms with Crippen LogP contribution in [0.15, 0.2) is 59.4 Å². The third kappa shape index (κ3) is 4.97. The number of benzene rings is 2. The van der Waals surface area contributed by atoms with Gasteiger partial charge in [0.2, 0.25) is 5.88 Å². The van der Waals surface area contributed by atoms with E-state index in [2.05, 4.69) is 11.1 Å². The lowest BCUT2D eigenvalue weighted by molar-refractivity contribution is 0.0783. The van der Waals surface area contributed by atoms with Crippen LogP contribution in [-0.4, -0.2) is 38.6 Å². The summed E-state index contributed by atoms with van der Waals surface area (Å²) >= 11 is 0. The number of hydrogen-bond donors (Lipinski definition) is 1. The Morgan fingerprint density at radius 1 is 1.23 bits per heavy atom. The lowest BCUT2D eigenvalue weighted by atomic mass is 9.99. The highest BCUT2D eigenvalue weighted by molar-refractivity contribution is 5.96. The largest absolute Gasteiger partial charge is 0.494 e. The van der Waals surface area contributed by atoms with Gasteiger partial charge < -0.3 is 10.0 Å². The van der Waals surface area contributed by atoms with Gasteiger partial charge in [-0.15, -0.1) is 0 Å². The first-order valence-electron chi connectivity index (χ1n) is 12.1. The standard InChI is InChI=1S/C28H30N4O3/c1-3-4-13-24-30-26(33)25(27(34)31-15-14-23(18-31)21-10-6-5-7-11-21)28(35)32(24)19(2)22-12-8-9-20(16-22)17-29/h5-12,16,19,23,35H,3-4,13-15,18H2,1-2H3/t19-,23+/m0/s1. The highest BCUT2D eigenvalue weighted by Crippen LogP contribution is 2.31. The van der Waals surface area contributed by atoms with E-state index in [9.17, 15) is 20.0 Å². The number of nitrogens with zero attached hydrogens (tertiary/aromatic N) is 4. The Morgan fingerprint density at radius 2 is 2.00 bits per heavy atom. The van der Waals surface area contributed by atoms with Crippen molar-refractivity contribution in [3.63, 3.8) is 0 Å². The van der Waals surface area contributed by atoms with Crippen molar-refractivity contribution in [2.45, 2.75) is 51.5 Å². The summed E-state index contributed by atoms with van der Waals surface area (Å²) < 4.78 is 1.57. The number of hydrogen-bond acceptors (Lipinski definition) is 5. The minimum absolute atomic E-state index is 0.189. The average molecular weight is 471 g/mol. The normalized spacial score (nSPS) is 16.1. The molecule has 1 aliphatic heterocycles. The lowest BCUT2D eigenvalue weighted by Gasteiger charge is -2.24. The summed E-state index contributed by atoms with van der Waals surface area (Å²) in [5, 5.41) is 20.6. The van der Waals surface area contributed by atoms with E-state index in [4.69, 9.17) is 0 Å². The minimum atomic E-state index is -0.698. The second kappa shape index (κ2) is 10.6. The fraction of sp³-hybridized carbons (Fsp3) is 0.357. The molecule has 3 aromatic rings. The van der Waals surface area contributed by atoms with Crippen molar-refractivity contribution < 1.29 is 9.90 Å². The quantitative estimate of drug-likeness (QED) is 0.552. The topological polar surface area (TPSA) is 99.2 Å². The number of carbonyl (C=O) groups excluding carboxylic acids is 1. The third-order valence-electron chi connectivity index (χ3n) is 6.77. The van der Waals surface area contributed by atoms with Gasteiger partial charge in [-0.1, -0.05) is 55.8 Å². The number of likely N-dealkylation sites (tertiary alicyclic amines) is 1. The van der Waals surface area contributed by atoms with Gasteiger partial charge in [-0.05, 0) is 43.0 Å². The van der Waals surface area contributed by atoms with Crippen molar-refractivity contribution in [3.05, 3.63) is 93.0 Å². The van der Waals surface area contributed by atoms with E-state index < -0.39 is 17.5 Å². The van der Waals surface area contributed by atoms with E-state index in [-0.39, 0.29) is 17.4 Å². The Hall–Kier alpha value is -3.92. The van der Waals surface area contributed by atoms with Crippen molar-refractivity contribution >= 4 is 5.91 Å². The Morgan fingerprint density at radius 3 is 2.71 bits per heavy atom. The summed E-state index contributed by atoms with van der Waals surface area (Å²) in [5.74, 6) is -0.232. The number of nitriles is 1. The number of carbonyl (C=O) groups is 1. The Kier molecular flexibility index (Phi) is 7.31. The molecule has 0 saturated carbocycles. The number of unbranched alkanes of at least 4 members (excludes halogenated alkanes) is 1. The number of aromatic hydroxyl groups is 1. The van der Waals surface area contributed by atoms with Gasteiger partial charge in [-0.2, -0.15) is 10.2 Å². The van der Waals surface area contributed by atoms with E-state index >= 15 is 0 Å². The highest BCUT2D eigenvalue weighted by atomic mass is 16.3. The lowest BCUT2D eigenvalue weighted by Crippen LogP contribution is -2.35.